The Morgan fingerprint density at radius 3 is 2.52 bits per heavy atom. The molecule has 1 aliphatic heterocycles. The summed E-state index contributed by atoms with van der Waals surface area (Å²) in [7, 11) is 1.96. The van der Waals surface area contributed by atoms with E-state index >= 15 is 0 Å². The number of nitrogens with one attached hydrogen (secondary N) is 1. The molecular weight excluding hydrogens is 361 g/mol. The van der Waals surface area contributed by atoms with Crippen molar-refractivity contribution in [3.8, 4) is 5.69 Å². The molecule has 0 saturated carbocycles. The van der Waals surface area contributed by atoms with Crippen molar-refractivity contribution in [3.05, 3.63) is 39.9 Å². The van der Waals surface area contributed by atoms with Gasteiger partial charge in [0, 0.05) is 13.1 Å². The van der Waals surface area contributed by atoms with Gasteiger partial charge in [0.1, 0.15) is 11.5 Å². The third-order valence-electron chi connectivity index (χ3n) is 4.50. The van der Waals surface area contributed by atoms with Crippen LogP contribution in [0.5, 0.6) is 0 Å². The van der Waals surface area contributed by atoms with E-state index < -0.39 is 0 Å². The van der Waals surface area contributed by atoms with Crippen molar-refractivity contribution in [2.45, 2.75) is 19.8 Å². The van der Waals surface area contributed by atoms with Crippen molar-refractivity contribution < 1.29 is 4.79 Å². The molecule has 2 aromatic rings. The minimum absolute atomic E-state index is 0.145. The van der Waals surface area contributed by atoms with Crippen LogP contribution >= 0.6 is 23.2 Å². The molecule has 1 aromatic heterocycles. The highest BCUT2D eigenvalue weighted by Gasteiger charge is 2.27. The number of hydrogen-bond acceptors (Lipinski definition) is 4. The van der Waals surface area contributed by atoms with E-state index in [-0.39, 0.29) is 11.7 Å². The summed E-state index contributed by atoms with van der Waals surface area (Å²) in [6.07, 6.45) is 1.98. The van der Waals surface area contributed by atoms with Crippen molar-refractivity contribution in [3.63, 3.8) is 0 Å². The Labute approximate surface area is 157 Å². The lowest BCUT2D eigenvalue weighted by Gasteiger charge is -2.31. The van der Waals surface area contributed by atoms with Crippen LogP contribution in [0.4, 0.5) is 0 Å². The van der Waals surface area contributed by atoms with Gasteiger partial charge >= 0.3 is 0 Å². The summed E-state index contributed by atoms with van der Waals surface area (Å²) in [6.45, 7) is 4.22. The van der Waals surface area contributed by atoms with Crippen LogP contribution in [0.15, 0.2) is 18.2 Å². The normalized spacial score (nSPS) is 15.6. The average molecular weight is 382 g/mol. The summed E-state index contributed by atoms with van der Waals surface area (Å²) in [5, 5.41) is 8.49. The molecule has 6 nitrogen and oxygen atoms in total. The summed E-state index contributed by atoms with van der Waals surface area (Å²) >= 11 is 12.5. The molecule has 0 atom stereocenters. The number of benzene rings is 1. The van der Waals surface area contributed by atoms with Gasteiger partial charge in [-0.05, 0) is 51.4 Å². The molecule has 1 fully saturated rings. The van der Waals surface area contributed by atoms with E-state index in [2.05, 4.69) is 15.4 Å². The highest BCUT2D eigenvalue weighted by atomic mass is 35.5. The molecule has 134 valence electrons. The lowest BCUT2D eigenvalue weighted by molar-refractivity contribution is 0.0678. The molecule has 0 unspecified atom stereocenters. The number of nitrogens with zero attached hydrogens (tertiary/aromatic N) is 4. The minimum Gasteiger partial charge on any atom is -0.336 e. The van der Waals surface area contributed by atoms with Gasteiger partial charge in [-0.1, -0.05) is 29.3 Å². The molecule has 8 heteroatoms. The third kappa shape index (κ3) is 3.81. The number of rotatable bonds is 4. The average Bonchev–Trinajstić information content (AvgIpc) is 2.97. The van der Waals surface area contributed by atoms with Crippen molar-refractivity contribution in [2.24, 2.45) is 5.92 Å². The van der Waals surface area contributed by atoms with Gasteiger partial charge in [-0.25, -0.2) is 9.67 Å². The second kappa shape index (κ2) is 7.72. The summed E-state index contributed by atoms with van der Waals surface area (Å²) in [5.74, 6) is 1.22. The Balaban J connectivity index is 1.80. The number of piperidine rings is 1. The topological polar surface area (TPSA) is 63.1 Å². The number of halogens is 2. The van der Waals surface area contributed by atoms with Crippen LogP contribution in [-0.2, 0) is 0 Å². The summed E-state index contributed by atoms with van der Waals surface area (Å²) in [5.41, 5.74) is 0.544. The monoisotopic (exact) mass is 381 g/mol. The van der Waals surface area contributed by atoms with Crippen molar-refractivity contribution in [1.29, 1.82) is 0 Å². The second-order valence-electron chi connectivity index (χ2n) is 6.26. The van der Waals surface area contributed by atoms with E-state index in [4.69, 9.17) is 23.2 Å². The Morgan fingerprint density at radius 2 is 1.92 bits per heavy atom. The first kappa shape index (κ1) is 18.2. The largest absolute Gasteiger partial charge is 0.336 e. The van der Waals surface area contributed by atoms with Gasteiger partial charge in [-0.15, -0.1) is 5.10 Å². The number of para-hydroxylation sites is 1. The van der Waals surface area contributed by atoms with Gasteiger partial charge in [0.25, 0.3) is 5.91 Å². The first-order chi connectivity index (χ1) is 12.0. The number of hydrogen-bond donors (Lipinski definition) is 1. The molecular formula is C17H21Cl2N5O. The smallest absolute Gasteiger partial charge is 0.293 e. The standard InChI is InChI=1S/C17H21Cl2N5O/c1-11-21-16(17(25)23-8-6-12(7-9-23)10-20-2)22-24(11)15-13(18)4-3-5-14(15)19/h3-5,12,20H,6-10H2,1-2H3. The Morgan fingerprint density at radius 1 is 1.28 bits per heavy atom. The van der Waals surface area contributed by atoms with Crippen LogP contribution in [0.3, 0.4) is 0 Å². The molecule has 25 heavy (non-hydrogen) atoms. The molecule has 3 rings (SSSR count). The first-order valence-electron chi connectivity index (χ1n) is 8.33. The predicted octanol–water partition coefficient (Wildman–Crippen LogP) is 2.95. The molecule has 1 saturated heterocycles. The molecule has 0 aliphatic carbocycles. The third-order valence-corrected chi connectivity index (χ3v) is 5.11. The molecule has 2 heterocycles. The van der Waals surface area contributed by atoms with E-state index in [1.807, 2.05) is 11.9 Å². The number of aryl methyl sites for hydroxylation is 1. The van der Waals surface area contributed by atoms with Gasteiger partial charge < -0.3 is 10.2 Å². The summed E-state index contributed by atoms with van der Waals surface area (Å²) in [6, 6.07) is 5.23. The molecule has 1 aromatic carbocycles. The zero-order valence-electron chi connectivity index (χ0n) is 14.3. The number of likely N-dealkylation sites (tertiary alicyclic amines) is 1. The van der Waals surface area contributed by atoms with Crippen LogP contribution in [-0.4, -0.2) is 52.3 Å². The number of carbonyl (C=O) groups is 1. The Hall–Kier alpha value is -1.63. The van der Waals surface area contributed by atoms with E-state index in [1.165, 1.54) is 4.68 Å². The van der Waals surface area contributed by atoms with Crippen LogP contribution in [0.2, 0.25) is 10.0 Å². The van der Waals surface area contributed by atoms with E-state index in [0.717, 1.165) is 32.5 Å². The molecule has 0 spiro atoms. The lowest BCUT2D eigenvalue weighted by Crippen LogP contribution is -2.40. The van der Waals surface area contributed by atoms with Crippen LogP contribution < -0.4 is 5.32 Å². The second-order valence-corrected chi connectivity index (χ2v) is 7.07. The quantitative estimate of drug-likeness (QED) is 0.883. The van der Waals surface area contributed by atoms with Gasteiger partial charge in [0.15, 0.2) is 0 Å². The molecule has 1 aliphatic rings. The van der Waals surface area contributed by atoms with Crippen molar-refractivity contribution in [1.82, 2.24) is 25.0 Å². The zero-order chi connectivity index (χ0) is 18.0. The summed E-state index contributed by atoms with van der Waals surface area (Å²) < 4.78 is 1.53. The number of aromatic nitrogens is 3. The van der Waals surface area contributed by atoms with Gasteiger partial charge in [0.05, 0.1) is 10.0 Å². The number of carbonyl (C=O) groups excluding carboxylic acids is 1. The van der Waals surface area contributed by atoms with Gasteiger partial charge in [-0.2, -0.15) is 0 Å². The molecule has 0 bridgehead atoms. The summed E-state index contributed by atoms with van der Waals surface area (Å²) in [4.78, 5) is 18.9. The predicted molar refractivity (Wildman–Crippen MR) is 98.7 cm³/mol. The molecule has 0 radical (unpaired) electrons. The lowest BCUT2D eigenvalue weighted by atomic mass is 9.97. The maximum Gasteiger partial charge on any atom is 0.293 e. The van der Waals surface area contributed by atoms with Crippen LogP contribution in [0.1, 0.15) is 29.3 Å². The Bertz CT molecular complexity index is 748. The zero-order valence-corrected chi connectivity index (χ0v) is 15.8. The van der Waals surface area contributed by atoms with Crippen molar-refractivity contribution >= 4 is 29.1 Å². The van der Waals surface area contributed by atoms with Crippen LogP contribution in [0, 0.1) is 12.8 Å². The first-order valence-corrected chi connectivity index (χ1v) is 9.08. The highest BCUT2D eigenvalue weighted by molar-refractivity contribution is 6.37. The maximum atomic E-state index is 12.7. The highest BCUT2D eigenvalue weighted by Crippen LogP contribution is 2.28. The fourth-order valence-electron chi connectivity index (χ4n) is 3.15. The van der Waals surface area contributed by atoms with E-state index in [0.29, 0.717) is 27.5 Å². The number of amides is 1. The molecule has 1 amide bonds. The van der Waals surface area contributed by atoms with E-state index in [9.17, 15) is 4.79 Å². The fourth-order valence-corrected chi connectivity index (χ4v) is 3.71. The SMILES string of the molecule is CNCC1CCN(C(=O)c2nc(C)n(-c3c(Cl)cccc3Cl)n2)CC1. The minimum atomic E-state index is -0.145. The van der Waals surface area contributed by atoms with E-state index in [1.54, 1.807) is 25.1 Å². The van der Waals surface area contributed by atoms with Crippen LogP contribution in [0.25, 0.3) is 5.69 Å². The fraction of sp³-hybridized carbons (Fsp3) is 0.471. The Kier molecular flexibility index (Phi) is 5.61. The molecule has 1 N–H and O–H groups in total. The van der Waals surface area contributed by atoms with Crippen molar-refractivity contribution in [2.75, 3.05) is 26.7 Å². The van der Waals surface area contributed by atoms with Gasteiger partial charge in [-0.3, -0.25) is 4.79 Å². The van der Waals surface area contributed by atoms with Gasteiger partial charge in [0.2, 0.25) is 5.82 Å². The maximum absolute atomic E-state index is 12.7.